The number of hydrogen-bond acceptors (Lipinski definition) is 21. The second-order valence-electron chi connectivity index (χ2n) is 3.09. The van der Waals surface area contributed by atoms with Crippen LogP contribution in [-0.2, 0) is 141 Å². The van der Waals surface area contributed by atoms with Crippen molar-refractivity contribution in [3.63, 3.8) is 0 Å². The second kappa shape index (κ2) is 26.2. The van der Waals surface area contributed by atoms with Gasteiger partial charge in [0.15, 0.2) is 0 Å². The molecule has 24 nitrogen and oxygen atoms in total. The standard InChI is InChI=1S/6CN.7Mn.Na.3H2O.15O/c6*1-2;;;;;;;;;;;;;;;;;;;;;;;;;;/h;;;;;;;;;;;;;;3*1H2;;;;;;;;;;;;;;;/q;;;;;;;;;3*+1;+2;+1;;;;;;;;;;;;;;;;3*-1/p-3. The van der Waals surface area contributed by atoms with Gasteiger partial charge in [-0.15, -0.1) is 0 Å². The van der Waals surface area contributed by atoms with E-state index < -0.39 is 78.2 Å². The fourth-order valence-electron chi connectivity index (χ4n) is 0. The minimum atomic E-state index is -5.09. The zero-order chi connectivity index (χ0) is 31.2. The average Bonchev–Trinajstić information content (AvgIpc) is 2.67. The van der Waals surface area contributed by atoms with Gasteiger partial charge in [0.2, 0.25) is 0 Å². The van der Waals surface area contributed by atoms with E-state index in [0.717, 1.165) is 0 Å². The molecule has 0 aromatic rings. The van der Waals surface area contributed by atoms with Crippen LogP contribution in [0.5, 0.6) is 0 Å². The van der Waals surface area contributed by atoms with Gasteiger partial charge in [0, 0.05) is 0 Å². The molecule has 1 radical (unpaired) electrons. The Morgan fingerprint density at radius 1 is 0.395 bits per heavy atom. The van der Waals surface area contributed by atoms with Crippen molar-refractivity contribution in [2.24, 2.45) is 0 Å². The van der Waals surface area contributed by atoms with Crippen molar-refractivity contribution >= 4 is 0 Å². The first-order valence-electron chi connectivity index (χ1n) is 5.30. The van der Waals surface area contributed by atoms with Crippen LogP contribution in [0, 0.1) is 61.4 Å². The number of nitriles is 6. The molecule has 3 N–H and O–H groups in total. The van der Waals surface area contributed by atoms with E-state index in [1.165, 1.54) is 0 Å². The van der Waals surface area contributed by atoms with E-state index in [0.29, 0.717) is 29.8 Å². The molecule has 0 aromatic carbocycles. The molecule has 0 fully saturated rings. The summed E-state index contributed by atoms with van der Waals surface area (Å²) in [5, 5.41) is 43.9. The third-order valence-electron chi connectivity index (χ3n) is 0.631. The molecule has 0 rings (SSSR count). The molecular formula is C6H3Mn7N6NaO18. The summed E-state index contributed by atoms with van der Waals surface area (Å²) in [6.07, 6.45) is 0. The summed E-state index contributed by atoms with van der Waals surface area (Å²) in [5.74, 6) is 0. The van der Waals surface area contributed by atoms with Crippen LogP contribution in [-0.4, -0.2) is 12.6 Å². The average molecular weight is 855 g/mol. The Morgan fingerprint density at radius 3 is 0.447 bits per heavy atom. The molecule has 0 bridgehead atoms. The molecule has 0 amide bonds. The first-order chi connectivity index (χ1) is 15.4. The summed E-state index contributed by atoms with van der Waals surface area (Å²) in [6, 6.07) is 0. The van der Waals surface area contributed by atoms with Crippen LogP contribution in [0.15, 0.2) is 0 Å². The van der Waals surface area contributed by atoms with Crippen LogP contribution in [0.25, 0.3) is 0 Å². The molecule has 0 saturated heterocycles. The molecule has 0 atom stereocenters. The van der Waals surface area contributed by atoms with Gasteiger partial charge in [-0.25, -0.2) is 0 Å². The van der Waals surface area contributed by atoms with Gasteiger partial charge in [-0.2, -0.15) is 0 Å². The fraction of sp³-hybridized carbons (Fsp3) is 0. The van der Waals surface area contributed by atoms with Crippen LogP contribution in [0.4, 0.5) is 0 Å². The molecule has 0 aliphatic rings. The molecule has 38 heavy (non-hydrogen) atoms. The van der Waals surface area contributed by atoms with Crippen molar-refractivity contribution in [3.05, 3.63) is 0 Å². The molecule has 215 valence electrons. The summed E-state index contributed by atoms with van der Waals surface area (Å²) in [6.45, 7) is 0. The molecule has 0 heterocycles. The van der Waals surface area contributed by atoms with Gasteiger partial charge in [0.1, 0.15) is 0 Å². The van der Waals surface area contributed by atoms with Gasteiger partial charge >= 0.3 is 257 Å². The number of rotatable bonds is 0. The molecule has 0 spiro atoms. The molecule has 0 saturated carbocycles. The molecule has 0 aromatic heterocycles. The zero-order valence-electron chi connectivity index (χ0n) is 16.8. The van der Waals surface area contributed by atoms with Crippen molar-refractivity contribution in [1.82, 2.24) is 0 Å². The third-order valence-corrected chi connectivity index (χ3v) is 2.60. The van der Waals surface area contributed by atoms with Crippen molar-refractivity contribution < 1.29 is 196 Å². The maximum Gasteiger partial charge on any atom is 2.00 e. The van der Waals surface area contributed by atoms with Crippen LogP contribution >= 0.6 is 0 Å². The van der Waals surface area contributed by atoms with E-state index in [1.807, 2.05) is 0 Å². The Labute approximate surface area is 254 Å². The first-order valence-corrected chi connectivity index (χ1v) is 17.7. The zero-order valence-corrected chi connectivity index (χ0v) is 27.1. The normalized spacial score (nSPS) is 9.47. The first kappa shape index (κ1) is 57.0. The maximum atomic E-state index is 9.25. The molecular weight excluding hydrogens is 852 g/mol. The summed E-state index contributed by atoms with van der Waals surface area (Å²) < 4.78 is 160. The molecule has 0 unspecified atom stereocenters. The van der Waals surface area contributed by atoms with E-state index >= 15 is 0 Å². The quantitative estimate of drug-likeness (QED) is 0.190. The minimum absolute atomic E-state index is 0. The summed E-state index contributed by atoms with van der Waals surface area (Å²) in [7, 11) is 0. The maximum absolute atomic E-state index is 9.25. The van der Waals surface area contributed by atoms with Crippen LogP contribution in [0.1, 0.15) is 0 Å². The summed E-state index contributed by atoms with van der Waals surface area (Å²) >= 11 is -29.8. The topological polar surface area (TPSA) is 477 Å². The van der Waals surface area contributed by atoms with E-state index in [2.05, 4.69) is 0 Å². The van der Waals surface area contributed by atoms with E-state index in [4.69, 9.17) is 79.7 Å². The predicted octanol–water partition coefficient (Wildman–Crippen LogP) is -9.58. The molecule has 0 aliphatic carbocycles. The Balaban J connectivity index is -0.0000000469. The van der Waals surface area contributed by atoms with Crippen molar-refractivity contribution in [2.45, 2.75) is 0 Å². The van der Waals surface area contributed by atoms with Gasteiger partial charge in [0.05, 0.1) is 0 Å². The van der Waals surface area contributed by atoms with E-state index in [-0.39, 0.29) is 46.6 Å². The Morgan fingerprint density at radius 2 is 0.447 bits per heavy atom. The Kier molecular flexibility index (Phi) is 39.2. The predicted molar refractivity (Wildman–Crippen MR) is 48.6 cm³/mol. The minimum Gasteiger partial charge on any atom is 1.00 e. The van der Waals surface area contributed by atoms with Crippen LogP contribution in [0.2, 0.25) is 0 Å². The monoisotopic (exact) mass is 855 g/mol. The molecule has 0 aliphatic heterocycles. The van der Waals surface area contributed by atoms with Gasteiger partial charge in [-0.3, -0.25) is 0 Å². The van der Waals surface area contributed by atoms with Gasteiger partial charge in [0.25, 0.3) is 0 Å². The summed E-state index contributed by atoms with van der Waals surface area (Å²) in [5.41, 5.74) is 0. The number of nitrogens with zero attached hydrogens (tertiary/aromatic N) is 6. The largest absolute Gasteiger partial charge is 2.00 e. The van der Waals surface area contributed by atoms with Crippen LogP contribution < -0.4 is 42.1 Å². The van der Waals surface area contributed by atoms with Gasteiger partial charge < -0.3 is 0 Å². The Bertz CT molecular complexity index is 1290. The van der Waals surface area contributed by atoms with Crippen molar-refractivity contribution in [2.75, 3.05) is 0 Å². The number of hydrogen-bond donors (Lipinski definition) is 3. The van der Waals surface area contributed by atoms with Gasteiger partial charge in [-0.1, -0.05) is 0 Å². The molecule has 32 heteroatoms. The third kappa shape index (κ3) is 140. The smallest absolute Gasteiger partial charge is 1.00 e. The van der Waals surface area contributed by atoms with Gasteiger partial charge in [-0.05, 0) is 0 Å². The SMILES string of the molecule is N#[C][Mn](=[O])(=[O])[O-].N#[C][Mn](=[O])(=[O])[O-].N#[C][Mn](=[O])(=[O])[O-].N#[C][Mn](=[O])(=[O])[OH].N#[C][Mn](=[O])(=[O])[OH].N#[C][Mn](=[O])(=[O])[OH].[Mn+2].[Na+]. The van der Waals surface area contributed by atoms with Crippen molar-refractivity contribution in [1.29, 1.82) is 31.6 Å². The van der Waals surface area contributed by atoms with Crippen LogP contribution in [0.3, 0.4) is 0 Å². The second-order valence-corrected chi connectivity index (χ2v) is 12.7. The van der Waals surface area contributed by atoms with E-state index in [1.54, 1.807) is 0 Å². The fourth-order valence-corrected chi connectivity index (χ4v) is 0. The summed E-state index contributed by atoms with van der Waals surface area (Å²) in [4.78, 5) is 3.80. The van der Waals surface area contributed by atoms with E-state index in [9.17, 15) is 23.0 Å². The van der Waals surface area contributed by atoms with Crippen molar-refractivity contribution in [3.8, 4) is 29.8 Å². The Hall–Kier alpha value is -1.06.